The Kier molecular flexibility index (Phi) is 5.13. The molecular weight excluding hydrogens is 258 g/mol. The second-order valence-corrected chi connectivity index (χ2v) is 6.69. The maximum absolute atomic E-state index is 4.28. The number of hydrogen-bond acceptors (Lipinski definition) is 6. The zero-order valence-corrected chi connectivity index (χ0v) is 13.2. The summed E-state index contributed by atoms with van der Waals surface area (Å²) in [4.78, 5) is 4.82. The molecule has 0 aromatic carbocycles. The average Bonchev–Trinajstić information content (AvgIpc) is 2.94. The van der Waals surface area contributed by atoms with Crippen molar-refractivity contribution in [2.24, 2.45) is 5.92 Å². The fraction of sp³-hybridized carbons (Fsp3) is 0.846. The highest BCUT2D eigenvalue weighted by Gasteiger charge is 2.31. The molecule has 1 aromatic heterocycles. The van der Waals surface area contributed by atoms with E-state index in [4.69, 9.17) is 0 Å². The van der Waals surface area contributed by atoms with Crippen LogP contribution in [-0.4, -0.2) is 59.8 Å². The van der Waals surface area contributed by atoms with Crippen LogP contribution in [-0.2, 0) is 6.54 Å². The number of likely N-dealkylation sites (tertiary alicyclic amines) is 1. The number of hydrogen-bond donors (Lipinski definition) is 1. The topological polar surface area (TPSA) is 44.3 Å². The number of nitrogens with zero attached hydrogens (tertiary/aromatic N) is 4. The van der Waals surface area contributed by atoms with Gasteiger partial charge < -0.3 is 10.2 Å². The third-order valence-electron chi connectivity index (χ3n) is 3.66. The third kappa shape index (κ3) is 3.87. The normalized spacial score (nSPS) is 24.3. The van der Waals surface area contributed by atoms with Crippen LogP contribution in [0.2, 0.25) is 0 Å². The largest absolute Gasteiger partial charge is 0.360 e. The smallest absolute Gasteiger partial charge is 0.205 e. The number of aromatic nitrogens is 2. The monoisotopic (exact) mass is 283 g/mol. The van der Waals surface area contributed by atoms with Gasteiger partial charge in [0, 0.05) is 25.7 Å². The van der Waals surface area contributed by atoms with E-state index >= 15 is 0 Å². The summed E-state index contributed by atoms with van der Waals surface area (Å²) in [7, 11) is 4.34. The minimum absolute atomic E-state index is 0.658. The highest BCUT2D eigenvalue weighted by Crippen LogP contribution is 2.23. The van der Waals surface area contributed by atoms with Crippen LogP contribution < -0.4 is 5.32 Å². The molecule has 19 heavy (non-hydrogen) atoms. The second-order valence-electron chi connectivity index (χ2n) is 5.63. The van der Waals surface area contributed by atoms with Crippen molar-refractivity contribution in [1.29, 1.82) is 0 Å². The summed E-state index contributed by atoms with van der Waals surface area (Å²) in [6.07, 6.45) is 1.11. The highest BCUT2D eigenvalue weighted by atomic mass is 32.1. The lowest BCUT2D eigenvalue weighted by molar-refractivity contribution is 0.250. The van der Waals surface area contributed by atoms with E-state index in [0.717, 1.165) is 48.7 Å². The molecule has 1 aliphatic rings. The Morgan fingerprint density at radius 2 is 2.16 bits per heavy atom. The van der Waals surface area contributed by atoms with Gasteiger partial charge in [0.2, 0.25) is 5.13 Å². The molecule has 5 nitrogen and oxygen atoms in total. The molecule has 2 unspecified atom stereocenters. The molecule has 0 saturated carbocycles. The Morgan fingerprint density at radius 1 is 1.37 bits per heavy atom. The predicted octanol–water partition coefficient (Wildman–Crippen LogP) is 1.74. The Hall–Kier alpha value is -0.720. The lowest BCUT2D eigenvalue weighted by atomic mass is 10.1. The number of likely N-dealkylation sites (N-methyl/N-ethyl adjacent to an activating group) is 1. The van der Waals surface area contributed by atoms with Crippen LogP contribution in [0.3, 0.4) is 0 Å². The van der Waals surface area contributed by atoms with E-state index in [0.29, 0.717) is 6.04 Å². The highest BCUT2D eigenvalue weighted by molar-refractivity contribution is 7.15. The summed E-state index contributed by atoms with van der Waals surface area (Å²) >= 11 is 1.68. The van der Waals surface area contributed by atoms with Gasteiger partial charge in [-0.2, -0.15) is 0 Å². The Bertz CT molecular complexity index is 392. The van der Waals surface area contributed by atoms with E-state index in [9.17, 15) is 0 Å². The Balaban J connectivity index is 1.86. The summed E-state index contributed by atoms with van der Waals surface area (Å²) < 4.78 is 0. The molecule has 1 N–H and O–H groups in total. The molecule has 2 atom stereocenters. The van der Waals surface area contributed by atoms with E-state index in [1.54, 1.807) is 11.3 Å². The van der Waals surface area contributed by atoms with Gasteiger partial charge >= 0.3 is 0 Å². The van der Waals surface area contributed by atoms with Gasteiger partial charge in [-0.3, -0.25) is 4.90 Å². The molecule has 108 valence electrons. The van der Waals surface area contributed by atoms with Gasteiger partial charge in [-0.25, -0.2) is 0 Å². The molecule has 0 aliphatic carbocycles. The molecule has 1 saturated heterocycles. The van der Waals surface area contributed by atoms with Gasteiger partial charge in [0.05, 0.1) is 6.54 Å². The molecule has 1 aromatic rings. The standard InChI is InChI=1S/C13H25N5S/c1-5-6-14-13-16-15-12(19-13)9-18-7-10(2)11(8-18)17(3)4/h10-11H,5-9H2,1-4H3,(H,14,16). The number of nitrogens with one attached hydrogen (secondary N) is 1. The first kappa shape index (κ1) is 14.7. The van der Waals surface area contributed by atoms with Crippen molar-refractivity contribution in [2.45, 2.75) is 32.9 Å². The molecule has 1 fully saturated rings. The third-order valence-corrected chi connectivity index (χ3v) is 4.53. The lowest BCUT2D eigenvalue weighted by Gasteiger charge is -2.22. The maximum atomic E-state index is 4.28. The van der Waals surface area contributed by atoms with E-state index in [2.05, 4.69) is 53.3 Å². The van der Waals surface area contributed by atoms with Gasteiger partial charge in [0.15, 0.2) is 0 Å². The fourth-order valence-electron chi connectivity index (χ4n) is 2.66. The first-order valence-electron chi connectivity index (χ1n) is 7.05. The van der Waals surface area contributed by atoms with Crippen LogP contribution >= 0.6 is 11.3 Å². The molecule has 0 spiro atoms. The van der Waals surface area contributed by atoms with Crippen molar-refractivity contribution in [3.05, 3.63) is 5.01 Å². The fourth-order valence-corrected chi connectivity index (χ4v) is 3.47. The maximum Gasteiger partial charge on any atom is 0.205 e. The summed E-state index contributed by atoms with van der Waals surface area (Å²) in [5.74, 6) is 0.723. The van der Waals surface area contributed by atoms with Gasteiger partial charge in [0.1, 0.15) is 5.01 Å². The van der Waals surface area contributed by atoms with Crippen molar-refractivity contribution >= 4 is 16.5 Å². The van der Waals surface area contributed by atoms with Crippen molar-refractivity contribution in [2.75, 3.05) is 39.0 Å². The summed E-state index contributed by atoms with van der Waals surface area (Å²) in [6.45, 7) is 8.67. The molecule has 2 rings (SSSR count). The molecule has 2 heterocycles. The number of rotatable bonds is 6. The van der Waals surface area contributed by atoms with Gasteiger partial charge in [-0.1, -0.05) is 25.2 Å². The Morgan fingerprint density at radius 3 is 2.79 bits per heavy atom. The van der Waals surface area contributed by atoms with Crippen molar-refractivity contribution < 1.29 is 0 Å². The average molecular weight is 283 g/mol. The first-order valence-corrected chi connectivity index (χ1v) is 7.86. The lowest BCUT2D eigenvalue weighted by Crippen LogP contribution is -2.34. The summed E-state index contributed by atoms with van der Waals surface area (Å²) in [6, 6.07) is 0.658. The minimum Gasteiger partial charge on any atom is -0.360 e. The first-order chi connectivity index (χ1) is 9.10. The SMILES string of the molecule is CCCNc1nnc(CN2CC(C)C(N(C)C)C2)s1. The van der Waals surface area contributed by atoms with Crippen LogP contribution in [0.1, 0.15) is 25.3 Å². The van der Waals surface area contributed by atoms with Gasteiger partial charge in [0.25, 0.3) is 0 Å². The molecule has 0 radical (unpaired) electrons. The number of anilines is 1. The van der Waals surface area contributed by atoms with Crippen LogP contribution in [0, 0.1) is 5.92 Å². The van der Waals surface area contributed by atoms with E-state index in [1.807, 2.05) is 0 Å². The van der Waals surface area contributed by atoms with Crippen molar-refractivity contribution in [1.82, 2.24) is 20.0 Å². The zero-order valence-electron chi connectivity index (χ0n) is 12.4. The molecular formula is C13H25N5S. The summed E-state index contributed by atoms with van der Waals surface area (Å²) in [5, 5.41) is 13.8. The quantitative estimate of drug-likeness (QED) is 0.861. The van der Waals surface area contributed by atoms with E-state index in [-0.39, 0.29) is 0 Å². The molecule has 1 aliphatic heterocycles. The molecule has 0 bridgehead atoms. The van der Waals surface area contributed by atoms with Crippen LogP contribution in [0.15, 0.2) is 0 Å². The van der Waals surface area contributed by atoms with Crippen molar-refractivity contribution in [3.8, 4) is 0 Å². The predicted molar refractivity (Wildman–Crippen MR) is 80.6 cm³/mol. The second kappa shape index (κ2) is 6.63. The molecule has 6 heteroatoms. The van der Waals surface area contributed by atoms with E-state index in [1.165, 1.54) is 0 Å². The molecule has 0 amide bonds. The van der Waals surface area contributed by atoms with Crippen LogP contribution in [0.5, 0.6) is 0 Å². The van der Waals surface area contributed by atoms with Crippen LogP contribution in [0.4, 0.5) is 5.13 Å². The Labute approximate surface area is 120 Å². The zero-order chi connectivity index (χ0) is 13.8. The van der Waals surface area contributed by atoms with E-state index < -0.39 is 0 Å². The van der Waals surface area contributed by atoms with Crippen LogP contribution in [0.25, 0.3) is 0 Å². The minimum atomic E-state index is 0.658. The van der Waals surface area contributed by atoms with Gasteiger partial charge in [-0.15, -0.1) is 10.2 Å². The summed E-state index contributed by atoms with van der Waals surface area (Å²) in [5.41, 5.74) is 0. The van der Waals surface area contributed by atoms with Crippen molar-refractivity contribution in [3.63, 3.8) is 0 Å². The van der Waals surface area contributed by atoms with Gasteiger partial charge in [-0.05, 0) is 26.4 Å².